The summed E-state index contributed by atoms with van der Waals surface area (Å²) < 4.78 is 6.48. The third-order valence-corrected chi connectivity index (χ3v) is 4.75. The van der Waals surface area contributed by atoms with Gasteiger partial charge in [0.05, 0.1) is 7.11 Å². The van der Waals surface area contributed by atoms with Crippen molar-refractivity contribution in [3.63, 3.8) is 0 Å². The maximum atomic E-state index is 6.08. The zero-order chi connectivity index (χ0) is 11.5. The normalized spacial score (nSPS) is 24.7. The van der Waals surface area contributed by atoms with Crippen molar-refractivity contribution in [2.75, 3.05) is 18.6 Å². The van der Waals surface area contributed by atoms with Gasteiger partial charge in [-0.1, -0.05) is 15.9 Å². The van der Waals surface area contributed by atoms with Crippen molar-refractivity contribution in [1.29, 1.82) is 0 Å². The highest BCUT2D eigenvalue weighted by Crippen LogP contribution is 2.30. The van der Waals surface area contributed by atoms with Crippen molar-refractivity contribution in [3.05, 3.63) is 28.2 Å². The minimum absolute atomic E-state index is 0.327. The zero-order valence-electron chi connectivity index (χ0n) is 9.28. The van der Waals surface area contributed by atoms with Gasteiger partial charge in [0.25, 0.3) is 0 Å². The Morgan fingerprint density at radius 3 is 2.94 bits per heavy atom. The molecule has 0 aliphatic carbocycles. The number of halogens is 1. The van der Waals surface area contributed by atoms with Gasteiger partial charge in [-0.2, -0.15) is 11.8 Å². The maximum Gasteiger partial charge on any atom is 0.122 e. The fourth-order valence-electron chi connectivity index (χ4n) is 2.01. The molecule has 1 fully saturated rings. The Labute approximate surface area is 109 Å². The Bertz CT molecular complexity index is 372. The van der Waals surface area contributed by atoms with Gasteiger partial charge in [-0.05, 0) is 41.9 Å². The molecule has 0 saturated carbocycles. The molecule has 2 atom stereocenters. The SMILES string of the molecule is COc1ccc(Br)cc1CC1CSCC1N. The Morgan fingerprint density at radius 1 is 1.50 bits per heavy atom. The lowest BCUT2D eigenvalue weighted by Gasteiger charge is -2.16. The van der Waals surface area contributed by atoms with E-state index in [0.29, 0.717) is 12.0 Å². The molecule has 0 amide bonds. The molecule has 1 aromatic rings. The third kappa shape index (κ3) is 2.73. The van der Waals surface area contributed by atoms with Crippen LogP contribution in [-0.4, -0.2) is 24.7 Å². The first kappa shape index (κ1) is 12.3. The molecule has 16 heavy (non-hydrogen) atoms. The van der Waals surface area contributed by atoms with Crippen LogP contribution in [0.3, 0.4) is 0 Å². The highest BCUT2D eigenvalue weighted by Gasteiger charge is 2.25. The number of rotatable bonds is 3. The zero-order valence-corrected chi connectivity index (χ0v) is 11.7. The van der Waals surface area contributed by atoms with Crippen LogP contribution in [0.2, 0.25) is 0 Å². The minimum Gasteiger partial charge on any atom is -0.496 e. The van der Waals surface area contributed by atoms with Crippen molar-refractivity contribution in [3.8, 4) is 5.75 Å². The summed E-state index contributed by atoms with van der Waals surface area (Å²) in [6.45, 7) is 0. The van der Waals surface area contributed by atoms with Gasteiger partial charge < -0.3 is 10.5 Å². The van der Waals surface area contributed by atoms with E-state index in [9.17, 15) is 0 Å². The Balaban J connectivity index is 2.16. The Hall–Kier alpha value is -0.190. The first-order valence-electron chi connectivity index (χ1n) is 5.36. The second kappa shape index (κ2) is 5.43. The summed E-state index contributed by atoms with van der Waals surface area (Å²) in [5, 5.41) is 0. The minimum atomic E-state index is 0.327. The van der Waals surface area contributed by atoms with Crippen LogP contribution in [0.5, 0.6) is 5.75 Å². The van der Waals surface area contributed by atoms with Gasteiger partial charge in [0, 0.05) is 16.3 Å². The third-order valence-electron chi connectivity index (χ3n) is 2.97. The molecule has 2 unspecified atom stereocenters. The number of thioether (sulfide) groups is 1. The summed E-state index contributed by atoms with van der Waals surface area (Å²) >= 11 is 5.45. The summed E-state index contributed by atoms with van der Waals surface area (Å²) in [6.07, 6.45) is 1.01. The van der Waals surface area contributed by atoms with Gasteiger partial charge in [0.1, 0.15) is 5.75 Å². The lowest BCUT2D eigenvalue weighted by Crippen LogP contribution is -2.29. The van der Waals surface area contributed by atoms with E-state index in [2.05, 4.69) is 22.0 Å². The lowest BCUT2D eigenvalue weighted by molar-refractivity contribution is 0.403. The molecule has 0 aromatic heterocycles. The molecule has 1 aliphatic heterocycles. The summed E-state index contributed by atoms with van der Waals surface area (Å²) in [5.74, 6) is 3.79. The van der Waals surface area contributed by atoms with Gasteiger partial charge in [-0.25, -0.2) is 0 Å². The molecule has 4 heteroatoms. The molecule has 2 rings (SSSR count). The molecule has 1 saturated heterocycles. The van der Waals surface area contributed by atoms with Crippen LogP contribution in [0.1, 0.15) is 5.56 Å². The standard InChI is InChI=1S/C12H16BrNOS/c1-15-12-3-2-10(13)5-8(12)4-9-6-16-7-11(9)14/h2-3,5,9,11H,4,6-7,14H2,1H3. The number of ether oxygens (including phenoxy) is 1. The van der Waals surface area contributed by atoms with Crippen LogP contribution in [-0.2, 0) is 6.42 Å². The van der Waals surface area contributed by atoms with Crippen molar-refractivity contribution in [2.24, 2.45) is 11.7 Å². The van der Waals surface area contributed by atoms with E-state index in [0.717, 1.165) is 28.1 Å². The summed E-state index contributed by atoms with van der Waals surface area (Å²) in [6, 6.07) is 6.47. The molecule has 2 N–H and O–H groups in total. The monoisotopic (exact) mass is 301 g/mol. The van der Waals surface area contributed by atoms with Crippen LogP contribution in [0.15, 0.2) is 22.7 Å². The van der Waals surface area contributed by atoms with Crippen LogP contribution in [0.25, 0.3) is 0 Å². The molecular formula is C12H16BrNOS. The second-order valence-corrected chi connectivity index (χ2v) is 6.11. The molecule has 1 aliphatic rings. The molecular weight excluding hydrogens is 286 g/mol. The highest BCUT2D eigenvalue weighted by atomic mass is 79.9. The lowest BCUT2D eigenvalue weighted by atomic mass is 9.95. The van der Waals surface area contributed by atoms with Gasteiger partial charge >= 0.3 is 0 Å². The largest absolute Gasteiger partial charge is 0.496 e. The molecule has 2 nitrogen and oxygen atoms in total. The highest BCUT2D eigenvalue weighted by molar-refractivity contribution is 9.10. The maximum absolute atomic E-state index is 6.08. The van der Waals surface area contributed by atoms with Gasteiger partial charge in [-0.3, -0.25) is 0 Å². The van der Waals surface area contributed by atoms with Crippen LogP contribution in [0, 0.1) is 5.92 Å². The van der Waals surface area contributed by atoms with Gasteiger partial charge in [0.15, 0.2) is 0 Å². The predicted molar refractivity (Wildman–Crippen MR) is 73.2 cm³/mol. The molecule has 88 valence electrons. The average Bonchev–Trinajstić information content (AvgIpc) is 2.65. The topological polar surface area (TPSA) is 35.2 Å². The summed E-state index contributed by atoms with van der Waals surface area (Å²) in [5.41, 5.74) is 7.33. The fraction of sp³-hybridized carbons (Fsp3) is 0.500. The van der Waals surface area contributed by atoms with E-state index in [1.54, 1.807) is 7.11 Å². The van der Waals surface area contributed by atoms with E-state index >= 15 is 0 Å². The van der Waals surface area contributed by atoms with Crippen molar-refractivity contribution in [1.82, 2.24) is 0 Å². The van der Waals surface area contributed by atoms with E-state index < -0.39 is 0 Å². The number of nitrogens with two attached hydrogens (primary N) is 1. The van der Waals surface area contributed by atoms with Crippen LogP contribution in [0.4, 0.5) is 0 Å². The fourth-order valence-corrected chi connectivity index (χ4v) is 3.77. The van der Waals surface area contributed by atoms with E-state index in [1.807, 2.05) is 23.9 Å². The number of hydrogen-bond acceptors (Lipinski definition) is 3. The van der Waals surface area contributed by atoms with Crippen molar-refractivity contribution >= 4 is 27.7 Å². The Morgan fingerprint density at radius 2 is 2.31 bits per heavy atom. The van der Waals surface area contributed by atoms with Crippen molar-refractivity contribution < 1.29 is 4.74 Å². The summed E-state index contributed by atoms with van der Waals surface area (Å²) in [4.78, 5) is 0. The summed E-state index contributed by atoms with van der Waals surface area (Å²) in [7, 11) is 1.72. The molecule has 0 bridgehead atoms. The van der Waals surface area contributed by atoms with Crippen LogP contribution < -0.4 is 10.5 Å². The number of hydrogen-bond donors (Lipinski definition) is 1. The molecule has 0 spiro atoms. The number of methoxy groups -OCH3 is 1. The molecule has 1 aromatic carbocycles. The predicted octanol–water partition coefficient (Wildman–Crippen LogP) is 2.69. The first-order valence-corrected chi connectivity index (χ1v) is 7.31. The van der Waals surface area contributed by atoms with Crippen molar-refractivity contribution in [2.45, 2.75) is 12.5 Å². The van der Waals surface area contributed by atoms with Gasteiger partial charge in [-0.15, -0.1) is 0 Å². The average molecular weight is 302 g/mol. The molecule has 1 heterocycles. The second-order valence-electron chi connectivity index (χ2n) is 4.12. The van der Waals surface area contributed by atoms with Crippen LogP contribution >= 0.6 is 27.7 Å². The Kier molecular flexibility index (Phi) is 4.16. The quantitative estimate of drug-likeness (QED) is 0.932. The van der Waals surface area contributed by atoms with E-state index in [4.69, 9.17) is 10.5 Å². The first-order chi connectivity index (χ1) is 7.70. The number of benzene rings is 1. The van der Waals surface area contributed by atoms with E-state index in [-0.39, 0.29) is 0 Å². The smallest absolute Gasteiger partial charge is 0.122 e. The van der Waals surface area contributed by atoms with Gasteiger partial charge in [0.2, 0.25) is 0 Å². The molecule has 0 radical (unpaired) electrons. The van der Waals surface area contributed by atoms with E-state index in [1.165, 1.54) is 5.56 Å².